The van der Waals surface area contributed by atoms with Crippen LogP contribution in [0, 0.1) is 0 Å². The summed E-state index contributed by atoms with van der Waals surface area (Å²) in [7, 11) is 0. The van der Waals surface area contributed by atoms with Gasteiger partial charge >= 0.3 is 12.4 Å². The van der Waals surface area contributed by atoms with E-state index in [1.54, 1.807) is 72.8 Å². The number of hydrogen-bond acceptors (Lipinski definition) is 17. The minimum absolute atomic E-state index is 0.0278. The van der Waals surface area contributed by atoms with Crippen LogP contribution in [0.15, 0.2) is 364 Å². The van der Waals surface area contributed by atoms with Gasteiger partial charge in [0.1, 0.15) is 69.0 Å². The molecule has 0 radical (unpaired) electrons. The minimum Gasteiger partial charge on any atom is -0.457 e. The van der Waals surface area contributed by atoms with Gasteiger partial charge in [-0.05, 0) is 325 Å². The molecule has 0 aliphatic rings. The van der Waals surface area contributed by atoms with Crippen LogP contribution in [-0.4, -0.2) is 18.1 Å². The molecule has 0 saturated heterocycles. The van der Waals surface area contributed by atoms with Gasteiger partial charge in [-0.25, -0.2) is 0 Å². The van der Waals surface area contributed by atoms with E-state index >= 15 is 0 Å². The van der Waals surface area contributed by atoms with E-state index < -0.39 is 28.9 Å². The van der Waals surface area contributed by atoms with Crippen molar-refractivity contribution in [1.82, 2.24) is 0 Å². The molecule has 17 nitrogen and oxygen atoms in total. The number of ether oxygens (including phenoxy) is 6. The summed E-state index contributed by atoms with van der Waals surface area (Å²) in [6.07, 6.45) is -11.2. The number of ketones is 1. The number of nitrogens with two attached hydrogens (primary N) is 10. The molecule has 0 atom stereocenters. The van der Waals surface area contributed by atoms with Gasteiger partial charge in [-0.1, -0.05) is 86.6 Å². The van der Waals surface area contributed by atoms with Crippen molar-refractivity contribution in [3.8, 4) is 80.1 Å². The number of hydrogen-bond donors (Lipinski definition) is 10. The van der Waals surface area contributed by atoms with Crippen LogP contribution in [0.3, 0.4) is 0 Å². The zero-order valence-electron chi connectivity index (χ0n) is 65.0. The lowest BCUT2D eigenvalue weighted by molar-refractivity contribution is -0.288. The van der Waals surface area contributed by atoms with Crippen molar-refractivity contribution in [2.24, 2.45) is 0 Å². The molecule has 0 unspecified atom stereocenters. The van der Waals surface area contributed by atoms with Gasteiger partial charge in [-0.15, -0.1) is 0 Å². The van der Waals surface area contributed by atoms with Crippen LogP contribution in [0.2, 0.25) is 0 Å². The first-order chi connectivity index (χ1) is 57.4. The zero-order valence-corrected chi connectivity index (χ0v) is 65.0. The van der Waals surface area contributed by atoms with Crippen LogP contribution >= 0.6 is 0 Å². The first kappa shape index (κ1) is 85.2. The lowest BCUT2D eigenvalue weighted by atomic mass is 9.73. The third-order valence-corrected chi connectivity index (χ3v) is 18.6. The van der Waals surface area contributed by atoms with Crippen molar-refractivity contribution in [2.45, 2.75) is 37.0 Å². The maximum Gasteiger partial charge on any atom is 0.411 e. The molecule has 15 aromatic carbocycles. The summed E-state index contributed by atoms with van der Waals surface area (Å²) in [5.74, 6) is 9.07. The summed E-state index contributed by atoms with van der Waals surface area (Å²) in [4.78, 5) is 12.0. The number of halogens is 6. The first-order valence-electron chi connectivity index (χ1n) is 37.2. The Hall–Kier alpha value is -15.7. The maximum absolute atomic E-state index is 13.7. The highest BCUT2D eigenvalue weighted by atomic mass is 19.4. The van der Waals surface area contributed by atoms with Crippen molar-refractivity contribution < 1.29 is 59.6 Å². The molecular formula is C97H86F6N10O7. The molecular weight excluding hydrogens is 1530 g/mol. The number of carbonyl (C=O) groups excluding carboxylic acids is 1. The largest absolute Gasteiger partial charge is 0.457 e. The molecule has 0 aliphatic carbocycles. The van der Waals surface area contributed by atoms with Gasteiger partial charge in [0.15, 0.2) is 5.78 Å². The fraction of sp³-hybridized carbons (Fsp3) is 0.0619. The number of alkyl halides is 6. The zero-order chi connectivity index (χ0) is 85.6. The average Bonchev–Trinajstić information content (AvgIpc) is 0.716. The van der Waals surface area contributed by atoms with E-state index in [2.05, 4.69) is 38.1 Å². The summed E-state index contributed by atoms with van der Waals surface area (Å²) in [5.41, 5.74) is 61.3. The second kappa shape index (κ2) is 38.7. The summed E-state index contributed by atoms with van der Waals surface area (Å²) in [5, 5.41) is 0. The van der Waals surface area contributed by atoms with Gasteiger partial charge in [0.25, 0.3) is 0 Å². The van der Waals surface area contributed by atoms with E-state index in [0.717, 1.165) is 129 Å². The van der Waals surface area contributed by atoms with Gasteiger partial charge in [0.2, 0.25) is 5.41 Å². The molecule has 20 N–H and O–H groups in total. The Kier molecular flexibility index (Phi) is 27.5. The highest BCUT2D eigenvalue weighted by Crippen LogP contribution is 2.56. The highest BCUT2D eigenvalue weighted by Gasteiger charge is 2.72. The lowest BCUT2D eigenvalue weighted by Crippen LogP contribution is -2.54. The van der Waals surface area contributed by atoms with Crippen LogP contribution in [0.1, 0.15) is 52.0 Å². The highest BCUT2D eigenvalue weighted by molar-refractivity contribution is 6.09. The lowest BCUT2D eigenvalue weighted by Gasteiger charge is -2.38. The molecule has 15 aromatic rings. The monoisotopic (exact) mass is 1620 g/mol. The molecule has 120 heavy (non-hydrogen) atoms. The first-order valence-corrected chi connectivity index (χ1v) is 37.2. The molecule has 15 rings (SSSR count). The summed E-state index contributed by atoms with van der Waals surface area (Å²) < 4.78 is 117. The molecule has 0 saturated carbocycles. The molecule has 0 fully saturated rings. The van der Waals surface area contributed by atoms with E-state index in [-0.39, 0.29) is 22.6 Å². The Bertz CT molecular complexity index is 5390. The average molecular weight is 1620 g/mol. The Morgan fingerprint density at radius 1 is 0.200 bits per heavy atom. The molecule has 0 amide bonds. The number of carbonyl (C=O) groups is 1. The number of rotatable bonds is 19. The SMILES string of the molecule is CC(C)(c1ccc(Oc2ccc(N)cc2)cc1)c1ccc(Oc2ccc(N)cc2)cc1.Nc1ccc(C(=O)c2ccc(N)cc2)cc1.Nc1ccc(C(c2ccc(N)cc2)(C(F)(F)F)C(F)(F)F)cc1.Nc1ccc(Oc2ccc(-c3ccc(Oc4ccc(N)cc4)cc3)cc2)cc1.Nc1ccc(Oc2ccc(Oc3ccc(N)cc3)cc2)cc1. The second-order valence-corrected chi connectivity index (χ2v) is 27.8. The maximum atomic E-state index is 13.7. The van der Waals surface area contributed by atoms with E-state index in [4.69, 9.17) is 85.8 Å². The fourth-order valence-electron chi connectivity index (χ4n) is 12.0. The van der Waals surface area contributed by atoms with E-state index in [1.807, 2.05) is 218 Å². The summed E-state index contributed by atoms with van der Waals surface area (Å²) in [6, 6.07) is 104. The third-order valence-electron chi connectivity index (χ3n) is 18.6. The fourth-order valence-corrected chi connectivity index (χ4v) is 12.0. The molecule has 0 bridgehead atoms. The topological polar surface area (TPSA) is 333 Å². The van der Waals surface area contributed by atoms with E-state index in [0.29, 0.717) is 56.6 Å². The normalized spacial score (nSPS) is 11.0. The number of nitrogen functional groups attached to an aromatic ring is 10. The van der Waals surface area contributed by atoms with Crippen molar-refractivity contribution >= 4 is 62.7 Å². The number of anilines is 10. The summed E-state index contributed by atoms with van der Waals surface area (Å²) >= 11 is 0. The van der Waals surface area contributed by atoms with Crippen molar-refractivity contribution in [3.05, 3.63) is 397 Å². The van der Waals surface area contributed by atoms with E-state index in [9.17, 15) is 31.1 Å². The van der Waals surface area contributed by atoms with Crippen molar-refractivity contribution in [2.75, 3.05) is 57.3 Å². The van der Waals surface area contributed by atoms with Gasteiger partial charge < -0.3 is 85.8 Å². The van der Waals surface area contributed by atoms with Gasteiger partial charge in [0.05, 0.1) is 0 Å². The smallest absolute Gasteiger partial charge is 0.411 e. The van der Waals surface area contributed by atoms with Crippen molar-refractivity contribution in [3.63, 3.8) is 0 Å². The Balaban J connectivity index is 0.000000149. The standard InChI is InChI=1S/C27H26N2O2.C24H20N2O2.C18H16N2O2.C15H12F6N2.C13H12N2O/c1-27(2,19-3-11-23(12-4-19)30-25-15-7-21(28)8-16-25)20-5-13-24(14-6-20)31-26-17-9-22(29)10-18-26;25-19-5-13-23(14-6-19)27-21-9-1-17(2-10-21)18-3-11-22(12-4-18)28-24-15-7-20(26)8-16-24;19-13-1-5-15(6-2-13)21-17-9-11-18(12-10-17)22-16-7-3-14(20)4-8-16;16-14(17,18)13(15(19,20)21,9-1-5-11(22)6-2-9)10-3-7-12(23)8-4-10;14-11-5-1-9(2-6-11)13(16)10-3-7-12(15)8-4-10/h3-18H,28-29H2,1-2H3;1-16H,25-26H2;1-12H,19-20H2;1-8H,22-23H2;1-8H,14-15H2. The summed E-state index contributed by atoms with van der Waals surface area (Å²) in [6.45, 7) is 4.41. The minimum atomic E-state index is -5.61. The predicted molar refractivity (Wildman–Crippen MR) is 469 cm³/mol. The van der Waals surface area contributed by atoms with Crippen molar-refractivity contribution in [1.29, 1.82) is 0 Å². The Labute approximate surface area is 690 Å². The molecule has 0 aliphatic heterocycles. The van der Waals surface area contributed by atoms with Gasteiger partial charge in [0, 0.05) is 73.4 Å². The Morgan fingerprint density at radius 3 is 0.508 bits per heavy atom. The van der Waals surface area contributed by atoms with Crippen LogP contribution < -0.4 is 85.8 Å². The molecule has 0 aromatic heterocycles. The van der Waals surface area contributed by atoms with Crippen LogP contribution in [0.4, 0.5) is 83.2 Å². The molecule has 0 heterocycles. The quantitative estimate of drug-likeness (QED) is 0.0204. The Morgan fingerprint density at radius 2 is 0.333 bits per heavy atom. The van der Waals surface area contributed by atoms with Crippen LogP contribution in [0.25, 0.3) is 11.1 Å². The van der Waals surface area contributed by atoms with Gasteiger partial charge in [-0.2, -0.15) is 26.3 Å². The van der Waals surface area contributed by atoms with E-state index in [1.165, 1.54) is 11.1 Å². The third kappa shape index (κ3) is 23.3. The molecule has 0 spiro atoms. The van der Waals surface area contributed by atoms with Crippen LogP contribution in [0.5, 0.6) is 69.0 Å². The molecule has 23 heteroatoms. The predicted octanol–water partition coefficient (Wildman–Crippen LogP) is 23.6. The van der Waals surface area contributed by atoms with Gasteiger partial charge in [-0.3, -0.25) is 4.79 Å². The van der Waals surface area contributed by atoms with Crippen LogP contribution in [-0.2, 0) is 10.8 Å². The second-order valence-electron chi connectivity index (χ2n) is 27.8. The molecule has 608 valence electrons. The number of benzene rings is 15.